The van der Waals surface area contributed by atoms with E-state index in [4.69, 9.17) is 16.7 Å². The monoisotopic (exact) mass is 327 g/mol. The molecule has 0 spiro atoms. The Hall–Kier alpha value is -1.24. The Morgan fingerprint density at radius 2 is 2.24 bits per heavy atom. The van der Waals surface area contributed by atoms with Crippen LogP contribution in [0.1, 0.15) is 13.0 Å². The predicted molar refractivity (Wildman–Crippen MR) is 86.4 cm³/mol. The number of hydrogen-bond donors (Lipinski definition) is 1. The van der Waals surface area contributed by atoms with Crippen LogP contribution in [0.4, 0.5) is 0 Å². The zero-order chi connectivity index (χ0) is 15.6. The quantitative estimate of drug-likeness (QED) is 0.826. The number of carboxylic acid groups (broad SMARTS) is 1. The van der Waals surface area contributed by atoms with Gasteiger partial charge in [0.1, 0.15) is 5.52 Å². The van der Waals surface area contributed by atoms with Crippen molar-refractivity contribution < 1.29 is 9.90 Å². The number of para-hydroxylation sites is 1. The van der Waals surface area contributed by atoms with Gasteiger partial charge in [-0.3, -0.25) is 4.79 Å². The van der Waals surface area contributed by atoms with E-state index >= 15 is 0 Å². The lowest BCUT2D eigenvalue weighted by Crippen LogP contribution is -2.23. The van der Waals surface area contributed by atoms with Crippen molar-refractivity contribution in [2.24, 2.45) is 0 Å². The van der Waals surface area contributed by atoms with Crippen molar-refractivity contribution >= 4 is 40.4 Å². The molecule has 1 N–H and O–H groups in total. The van der Waals surface area contributed by atoms with Crippen LogP contribution in [0.3, 0.4) is 0 Å². The van der Waals surface area contributed by atoms with E-state index in [9.17, 15) is 4.79 Å². The van der Waals surface area contributed by atoms with E-state index in [1.165, 1.54) is 11.8 Å². The number of halogens is 1. The molecule has 0 aliphatic carbocycles. The van der Waals surface area contributed by atoms with Gasteiger partial charge in [-0.1, -0.05) is 29.4 Å². The summed E-state index contributed by atoms with van der Waals surface area (Å²) in [5, 5.41) is 10.2. The molecule has 1 aromatic carbocycles. The van der Waals surface area contributed by atoms with Crippen molar-refractivity contribution in [3.05, 3.63) is 23.2 Å². The van der Waals surface area contributed by atoms with Crippen LogP contribution in [0.25, 0.3) is 11.0 Å². The number of carboxylic acids is 1. The highest BCUT2D eigenvalue weighted by atomic mass is 35.5. The maximum absolute atomic E-state index is 10.8. The minimum atomic E-state index is -0.857. The first-order valence-electron chi connectivity index (χ1n) is 6.56. The summed E-state index contributed by atoms with van der Waals surface area (Å²) < 4.78 is 2.06. The second-order valence-electron chi connectivity index (χ2n) is 5.17. The maximum Gasteiger partial charge on any atom is 0.313 e. The third kappa shape index (κ3) is 3.70. The second kappa shape index (κ2) is 6.68. The number of benzene rings is 1. The van der Waals surface area contributed by atoms with Crippen molar-refractivity contribution in [2.45, 2.75) is 18.1 Å². The van der Waals surface area contributed by atoms with Crippen molar-refractivity contribution in [3.8, 4) is 0 Å². The number of hydrogen-bond acceptors (Lipinski definition) is 4. The maximum atomic E-state index is 10.8. The Bertz CT molecular complexity index is 657. The van der Waals surface area contributed by atoms with Gasteiger partial charge in [-0.05, 0) is 33.2 Å². The molecule has 0 saturated heterocycles. The molecule has 0 amide bonds. The highest BCUT2D eigenvalue weighted by Gasteiger charge is 2.19. The van der Waals surface area contributed by atoms with E-state index < -0.39 is 5.97 Å². The fourth-order valence-corrected chi connectivity index (χ4v) is 3.36. The Kier molecular flexibility index (Phi) is 5.13. The number of likely N-dealkylation sites (N-methyl/N-ethyl adjacent to an activating group) is 1. The summed E-state index contributed by atoms with van der Waals surface area (Å²) in [7, 11) is 4.01. The minimum absolute atomic E-state index is 0.0182. The average Bonchev–Trinajstić information content (AvgIpc) is 2.75. The van der Waals surface area contributed by atoms with Crippen molar-refractivity contribution in [1.82, 2.24) is 14.5 Å². The molecule has 114 valence electrons. The number of rotatable bonds is 6. The van der Waals surface area contributed by atoms with Gasteiger partial charge >= 0.3 is 5.97 Å². The van der Waals surface area contributed by atoms with E-state index in [1.54, 1.807) is 6.07 Å². The first kappa shape index (κ1) is 16.1. The summed E-state index contributed by atoms with van der Waals surface area (Å²) in [5.41, 5.74) is 1.66. The molecule has 0 fully saturated rings. The minimum Gasteiger partial charge on any atom is -0.481 e. The van der Waals surface area contributed by atoms with Crippen LogP contribution in [0, 0.1) is 0 Å². The van der Waals surface area contributed by atoms with E-state index in [1.807, 2.05) is 26.2 Å². The van der Waals surface area contributed by atoms with Crippen LogP contribution in [0.5, 0.6) is 0 Å². The molecule has 1 aromatic heterocycles. The molecule has 7 heteroatoms. The summed E-state index contributed by atoms with van der Waals surface area (Å²) in [6.07, 6.45) is 0. The van der Waals surface area contributed by atoms with Gasteiger partial charge in [0, 0.05) is 12.6 Å². The molecule has 2 aromatic rings. The number of carbonyl (C=O) groups is 1. The van der Waals surface area contributed by atoms with Crippen molar-refractivity contribution in [2.75, 3.05) is 26.4 Å². The SMILES string of the molecule is CC(CN(C)C)n1c(SCC(=O)O)nc2c(Cl)cccc21. The number of imidazole rings is 1. The van der Waals surface area contributed by atoms with E-state index in [0.717, 1.165) is 17.6 Å². The summed E-state index contributed by atoms with van der Waals surface area (Å²) in [6.45, 7) is 2.92. The van der Waals surface area contributed by atoms with Crippen LogP contribution in [-0.2, 0) is 4.79 Å². The van der Waals surface area contributed by atoms with Gasteiger partial charge in [-0.2, -0.15) is 0 Å². The van der Waals surface area contributed by atoms with Crippen LogP contribution in [0.15, 0.2) is 23.4 Å². The fraction of sp³-hybridized carbons (Fsp3) is 0.429. The normalized spacial score (nSPS) is 13.0. The molecule has 5 nitrogen and oxygen atoms in total. The van der Waals surface area contributed by atoms with Crippen LogP contribution < -0.4 is 0 Å². The van der Waals surface area contributed by atoms with E-state index in [0.29, 0.717) is 10.2 Å². The topological polar surface area (TPSA) is 58.4 Å². The third-order valence-corrected chi connectivity index (χ3v) is 4.28. The number of aliphatic carboxylic acids is 1. The molecule has 1 heterocycles. The van der Waals surface area contributed by atoms with Gasteiger partial charge in [0.25, 0.3) is 0 Å². The second-order valence-corrected chi connectivity index (χ2v) is 6.52. The van der Waals surface area contributed by atoms with Gasteiger partial charge in [-0.25, -0.2) is 4.98 Å². The average molecular weight is 328 g/mol. The number of fused-ring (bicyclic) bond motifs is 1. The Morgan fingerprint density at radius 3 is 2.86 bits per heavy atom. The molecule has 0 radical (unpaired) electrons. The Balaban J connectivity index is 2.49. The molecule has 21 heavy (non-hydrogen) atoms. The predicted octanol–water partition coefficient (Wildman–Crippen LogP) is 2.99. The smallest absolute Gasteiger partial charge is 0.313 e. The highest BCUT2D eigenvalue weighted by Crippen LogP contribution is 2.31. The lowest BCUT2D eigenvalue weighted by molar-refractivity contribution is -0.133. The third-order valence-electron chi connectivity index (χ3n) is 3.03. The van der Waals surface area contributed by atoms with Gasteiger partial charge in [0.15, 0.2) is 5.16 Å². The van der Waals surface area contributed by atoms with Crippen LogP contribution in [0.2, 0.25) is 5.02 Å². The molecular weight excluding hydrogens is 310 g/mol. The Morgan fingerprint density at radius 1 is 1.52 bits per heavy atom. The lowest BCUT2D eigenvalue weighted by Gasteiger charge is -2.21. The van der Waals surface area contributed by atoms with Gasteiger partial charge in [0.05, 0.1) is 16.3 Å². The van der Waals surface area contributed by atoms with Crippen molar-refractivity contribution in [3.63, 3.8) is 0 Å². The molecule has 0 aliphatic rings. The summed E-state index contributed by atoms with van der Waals surface area (Å²) in [6, 6.07) is 5.81. The van der Waals surface area contributed by atoms with E-state index in [-0.39, 0.29) is 11.8 Å². The molecule has 0 aliphatic heterocycles. The summed E-state index contributed by atoms with van der Waals surface area (Å²) >= 11 is 7.42. The van der Waals surface area contributed by atoms with Crippen LogP contribution >= 0.6 is 23.4 Å². The number of nitrogens with zero attached hydrogens (tertiary/aromatic N) is 3. The molecule has 2 rings (SSSR count). The van der Waals surface area contributed by atoms with Gasteiger partial charge in [-0.15, -0.1) is 0 Å². The van der Waals surface area contributed by atoms with Gasteiger partial charge in [0.2, 0.25) is 0 Å². The molecular formula is C14H18ClN3O2S. The molecule has 1 atom stereocenters. The van der Waals surface area contributed by atoms with E-state index in [2.05, 4.69) is 21.4 Å². The lowest BCUT2D eigenvalue weighted by atomic mass is 10.2. The molecule has 0 bridgehead atoms. The zero-order valence-electron chi connectivity index (χ0n) is 12.2. The first-order valence-corrected chi connectivity index (χ1v) is 7.92. The van der Waals surface area contributed by atoms with Gasteiger partial charge < -0.3 is 14.6 Å². The fourth-order valence-electron chi connectivity index (χ4n) is 2.33. The Labute approximate surface area is 132 Å². The highest BCUT2D eigenvalue weighted by molar-refractivity contribution is 7.99. The zero-order valence-corrected chi connectivity index (χ0v) is 13.8. The molecule has 1 unspecified atom stereocenters. The first-order chi connectivity index (χ1) is 9.90. The number of thioether (sulfide) groups is 1. The molecule has 0 saturated carbocycles. The number of aromatic nitrogens is 2. The van der Waals surface area contributed by atoms with Crippen LogP contribution in [-0.4, -0.2) is 51.9 Å². The largest absolute Gasteiger partial charge is 0.481 e. The standard InChI is InChI=1S/C14H18ClN3O2S/c1-9(7-17(2)3)18-11-6-4-5-10(15)13(11)16-14(18)21-8-12(19)20/h4-6,9H,7-8H2,1-3H3,(H,19,20). The summed E-state index contributed by atoms with van der Waals surface area (Å²) in [5.74, 6) is -0.875. The summed E-state index contributed by atoms with van der Waals surface area (Å²) in [4.78, 5) is 17.4. The van der Waals surface area contributed by atoms with Crippen molar-refractivity contribution in [1.29, 1.82) is 0 Å².